The van der Waals surface area contributed by atoms with E-state index in [2.05, 4.69) is 22.5 Å². The Balaban J connectivity index is 0.00000300. The van der Waals surface area contributed by atoms with Gasteiger partial charge in [0.05, 0.1) is 0 Å². The SMILES string of the molecule is CCNC(=NCC1(CCO)CCCCC1)NCCc1c[nH]c2ccc(F)cc12.I. The summed E-state index contributed by atoms with van der Waals surface area (Å²) in [6, 6.07) is 4.84. The predicted molar refractivity (Wildman–Crippen MR) is 129 cm³/mol. The maximum atomic E-state index is 13.5. The van der Waals surface area contributed by atoms with E-state index in [0.717, 1.165) is 67.7 Å². The molecular weight excluding hydrogens is 482 g/mol. The second-order valence-corrected chi connectivity index (χ2v) is 7.91. The van der Waals surface area contributed by atoms with Crippen molar-refractivity contribution in [2.75, 3.05) is 26.2 Å². The van der Waals surface area contributed by atoms with Gasteiger partial charge in [0.25, 0.3) is 0 Å². The number of rotatable bonds is 8. The zero-order valence-corrected chi connectivity index (χ0v) is 19.6. The fourth-order valence-corrected chi connectivity index (χ4v) is 4.29. The van der Waals surface area contributed by atoms with Crippen molar-refractivity contribution >= 4 is 40.8 Å². The van der Waals surface area contributed by atoms with Crippen LogP contribution < -0.4 is 10.6 Å². The highest BCUT2D eigenvalue weighted by atomic mass is 127. The number of aliphatic hydroxyl groups excluding tert-OH is 1. The average molecular weight is 516 g/mol. The molecule has 0 radical (unpaired) electrons. The third-order valence-electron chi connectivity index (χ3n) is 5.89. The highest BCUT2D eigenvalue weighted by Gasteiger charge is 2.31. The summed E-state index contributed by atoms with van der Waals surface area (Å²) in [6.45, 7) is 4.57. The molecule has 29 heavy (non-hydrogen) atoms. The minimum Gasteiger partial charge on any atom is -0.396 e. The van der Waals surface area contributed by atoms with Crippen molar-refractivity contribution < 1.29 is 9.50 Å². The van der Waals surface area contributed by atoms with Gasteiger partial charge in [-0.2, -0.15) is 0 Å². The zero-order chi connectivity index (χ0) is 19.8. The van der Waals surface area contributed by atoms with E-state index in [4.69, 9.17) is 4.99 Å². The normalized spacial score (nSPS) is 16.4. The van der Waals surface area contributed by atoms with Gasteiger partial charge in [-0.25, -0.2) is 4.39 Å². The van der Waals surface area contributed by atoms with E-state index < -0.39 is 0 Å². The maximum Gasteiger partial charge on any atom is 0.191 e. The lowest BCUT2D eigenvalue weighted by Crippen LogP contribution is -2.40. The van der Waals surface area contributed by atoms with Gasteiger partial charge in [-0.05, 0) is 61.8 Å². The molecule has 162 valence electrons. The molecule has 0 saturated heterocycles. The third-order valence-corrected chi connectivity index (χ3v) is 5.89. The van der Waals surface area contributed by atoms with Gasteiger partial charge in [-0.3, -0.25) is 4.99 Å². The van der Waals surface area contributed by atoms with E-state index >= 15 is 0 Å². The van der Waals surface area contributed by atoms with E-state index in [9.17, 15) is 9.50 Å². The van der Waals surface area contributed by atoms with Crippen LogP contribution >= 0.6 is 24.0 Å². The number of nitrogens with one attached hydrogen (secondary N) is 3. The molecule has 3 rings (SSSR count). The summed E-state index contributed by atoms with van der Waals surface area (Å²) in [4.78, 5) is 8.04. The van der Waals surface area contributed by atoms with Gasteiger partial charge < -0.3 is 20.7 Å². The van der Waals surface area contributed by atoms with Gasteiger partial charge >= 0.3 is 0 Å². The summed E-state index contributed by atoms with van der Waals surface area (Å²) >= 11 is 0. The Kier molecular flexibility index (Phi) is 9.68. The first-order valence-electron chi connectivity index (χ1n) is 10.5. The van der Waals surface area contributed by atoms with Gasteiger partial charge in [0.1, 0.15) is 5.82 Å². The van der Waals surface area contributed by atoms with Crippen LogP contribution in [0.15, 0.2) is 29.4 Å². The third kappa shape index (κ3) is 6.57. The monoisotopic (exact) mass is 516 g/mol. The van der Waals surface area contributed by atoms with Crippen molar-refractivity contribution in [3.8, 4) is 0 Å². The fraction of sp³-hybridized carbons (Fsp3) is 0.591. The van der Waals surface area contributed by atoms with Crippen LogP contribution in [0.2, 0.25) is 0 Å². The topological polar surface area (TPSA) is 72.4 Å². The van der Waals surface area contributed by atoms with Crippen LogP contribution in [0.4, 0.5) is 4.39 Å². The maximum absolute atomic E-state index is 13.5. The number of halogens is 2. The van der Waals surface area contributed by atoms with Gasteiger partial charge in [0, 0.05) is 43.3 Å². The van der Waals surface area contributed by atoms with Crippen LogP contribution in [0, 0.1) is 11.2 Å². The van der Waals surface area contributed by atoms with Gasteiger partial charge in [0.15, 0.2) is 5.96 Å². The van der Waals surface area contributed by atoms with Crippen LogP contribution in [0.25, 0.3) is 10.9 Å². The molecule has 4 N–H and O–H groups in total. The van der Waals surface area contributed by atoms with Crippen molar-refractivity contribution in [3.63, 3.8) is 0 Å². The van der Waals surface area contributed by atoms with Gasteiger partial charge in [-0.1, -0.05) is 19.3 Å². The molecule has 1 aromatic carbocycles. The fourth-order valence-electron chi connectivity index (χ4n) is 4.29. The lowest BCUT2D eigenvalue weighted by Gasteiger charge is -2.35. The predicted octanol–water partition coefficient (Wildman–Crippen LogP) is 4.36. The molecule has 0 unspecified atom stereocenters. The molecule has 0 aliphatic heterocycles. The highest BCUT2D eigenvalue weighted by Crippen LogP contribution is 2.39. The molecule has 0 spiro atoms. The van der Waals surface area contributed by atoms with Crippen molar-refractivity contribution in [1.29, 1.82) is 0 Å². The summed E-state index contributed by atoms with van der Waals surface area (Å²) in [6.07, 6.45) is 9.63. The molecule has 0 amide bonds. The molecule has 2 aromatic rings. The van der Waals surface area contributed by atoms with Crippen molar-refractivity contribution in [3.05, 3.63) is 35.8 Å². The number of aliphatic imine (C=N–C) groups is 1. The second kappa shape index (κ2) is 11.7. The smallest absolute Gasteiger partial charge is 0.191 e. The average Bonchev–Trinajstić information content (AvgIpc) is 3.09. The summed E-state index contributed by atoms with van der Waals surface area (Å²) < 4.78 is 13.5. The van der Waals surface area contributed by atoms with E-state index in [1.165, 1.54) is 25.3 Å². The minimum absolute atomic E-state index is 0. The number of nitrogens with zero attached hydrogens (tertiary/aromatic N) is 1. The largest absolute Gasteiger partial charge is 0.396 e. The van der Waals surface area contributed by atoms with Crippen LogP contribution in [0.3, 0.4) is 0 Å². The van der Waals surface area contributed by atoms with Crippen LogP contribution in [0.5, 0.6) is 0 Å². The number of guanidine groups is 1. The van der Waals surface area contributed by atoms with Gasteiger partial charge in [0.2, 0.25) is 0 Å². The first-order chi connectivity index (χ1) is 13.7. The summed E-state index contributed by atoms with van der Waals surface area (Å²) in [7, 11) is 0. The van der Waals surface area contributed by atoms with E-state index in [1.54, 1.807) is 12.1 Å². The molecule has 0 atom stereocenters. The first kappa shape index (κ1) is 23.9. The van der Waals surface area contributed by atoms with Crippen molar-refractivity contribution in [2.24, 2.45) is 10.4 Å². The van der Waals surface area contributed by atoms with Crippen molar-refractivity contribution in [2.45, 2.75) is 51.9 Å². The van der Waals surface area contributed by atoms with E-state index in [0.29, 0.717) is 0 Å². The Morgan fingerprint density at radius 1 is 1.24 bits per heavy atom. The molecule has 5 nitrogen and oxygen atoms in total. The molecule has 0 bridgehead atoms. The molecule has 7 heteroatoms. The van der Waals surface area contributed by atoms with Crippen molar-refractivity contribution in [1.82, 2.24) is 15.6 Å². The molecule has 1 saturated carbocycles. The number of H-pyrrole nitrogens is 1. The van der Waals surface area contributed by atoms with Crippen LogP contribution in [-0.2, 0) is 6.42 Å². The summed E-state index contributed by atoms with van der Waals surface area (Å²) in [5, 5.41) is 17.2. The number of aromatic nitrogens is 1. The standard InChI is InChI=1S/C22H33FN4O.HI/c1-2-24-21(27-16-22(11-13-28)9-4-3-5-10-22)25-12-8-17-15-26-20-7-6-18(23)14-19(17)20;/h6-7,14-15,26,28H,2-5,8-13,16H2,1H3,(H2,24,25,27);1H. The Hall–Kier alpha value is -1.35. The Bertz CT molecular complexity index is 781. The second-order valence-electron chi connectivity index (χ2n) is 7.91. The Labute approximate surface area is 190 Å². The number of hydrogen-bond donors (Lipinski definition) is 4. The molecule has 1 heterocycles. The highest BCUT2D eigenvalue weighted by molar-refractivity contribution is 14.0. The van der Waals surface area contributed by atoms with Crippen LogP contribution in [0.1, 0.15) is 51.0 Å². The Morgan fingerprint density at radius 2 is 2.03 bits per heavy atom. The van der Waals surface area contributed by atoms with E-state index in [1.807, 2.05) is 6.20 Å². The molecule has 1 aromatic heterocycles. The number of benzene rings is 1. The molecule has 1 fully saturated rings. The number of fused-ring (bicyclic) bond motifs is 1. The lowest BCUT2D eigenvalue weighted by atomic mass is 9.72. The first-order valence-corrected chi connectivity index (χ1v) is 10.5. The quantitative estimate of drug-likeness (QED) is 0.240. The number of aliphatic hydroxyl groups is 1. The molecule has 1 aliphatic carbocycles. The number of aromatic amines is 1. The number of hydrogen-bond acceptors (Lipinski definition) is 2. The zero-order valence-electron chi connectivity index (χ0n) is 17.3. The van der Waals surface area contributed by atoms with Gasteiger partial charge in [-0.15, -0.1) is 24.0 Å². The molecular formula is C22H34FIN4O. The van der Waals surface area contributed by atoms with Crippen LogP contribution in [-0.4, -0.2) is 42.3 Å². The summed E-state index contributed by atoms with van der Waals surface area (Å²) in [5.74, 6) is 0.606. The minimum atomic E-state index is -0.210. The molecule has 1 aliphatic rings. The lowest BCUT2D eigenvalue weighted by molar-refractivity contribution is 0.137. The van der Waals surface area contributed by atoms with E-state index in [-0.39, 0.29) is 41.8 Å². The Morgan fingerprint density at radius 3 is 2.76 bits per heavy atom. The summed E-state index contributed by atoms with van der Waals surface area (Å²) in [5.41, 5.74) is 2.20.